The second kappa shape index (κ2) is 11.0. The fourth-order valence-corrected chi connectivity index (χ4v) is 3.97. The first-order valence-electron chi connectivity index (χ1n) is 11.2. The van der Waals surface area contributed by atoms with Crippen molar-refractivity contribution in [2.75, 3.05) is 6.61 Å². The average Bonchev–Trinajstić information content (AvgIpc) is 2.75. The predicted molar refractivity (Wildman–Crippen MR) is 118 cm³/mol. The van der Waals surface area contributed by atoms with E-state index >= 15 is 0 Å². The predicted octanol–water partition coefficient (Wildman–Crippen LogP) is 7.16. The summed E-state index contributed by atoms with van der Waals surface area (Å²) in [5.41, 5.74) is 1.93. The molecule has 0 N–H and O–H groups in total. The van der Waals surface area contributed by atoms with Crippen LogP contribution in [0.1, 0.15) is 87.1 Å². The van der Waals surface area contributed by atoms with Crippen molar-refractivity contribution in [3.63, 3.8) is 0 Å². The summed E-state index contributed by atoms with van der Waals surface area (Å²) in [6.07, 6.45) is 9.84. The SMILES string of the molecule is CCCCCCOc1ccc(OC(=O)c2ccc(C3CCC(C)CC3)cc2)cc1. The van der Waals surface area contributed by atoms with Crippen molar-refractivity contribution >= 4 is 5.97 Å². The van der Waals surface area contributed by atoms with Crippen molar-refractivity contribution in [1.82, 2.24) is 0 Å². The molecule has 2 aromatic carbocycles. The van der Waals surface area contributed by atoms with E-state index in [1.807, 2.05) is 24.3 Å². The van der Waals surface area contributed by atoms with Crippen LogP contribution in [0, 0.1) is 5.92 Å². The van der Waals surface area contributed by atoms with Crippen molar-refractivity contribution in [2.45, 2.75) is 71.1 Å². The van der Waals surface area contributed by atoms with E-state index in [0.29, 0.717) is 17.2 Å². The zero-order valence-electron chi connectivity index (χ0n) is 17.9. The van der Waals surface area contributed by atoms with E-state index in [2.05, 4.69) is 26.0 Å². The van der Waals surface area contributed by atoms with Crippen molar-refractivity contribution in [1.29, 1.82) is 0 Å². The van der Waals surface area contributed by atoms with Gasteiger partial charge < -0.3 is 9.47 Å². The molecule has 0 unspecified atom stereocenters. The van der Waals surface area contributed by atoms with Crippen LogP contribution < -0.4 is 9.47 Å². The molecule has 3 nitrogen and oxygen atoms in total. The number of benzene rings is 2. The maximum Gasteiger partial charge on any atom is 0.343 e. The first kappa shape index (κ1) is 21.4. The zero-order chi connectivity index (χ0) is 20.5. The van der Waals surface area contributed by atoms with Crippen LogP contribution in [0.15, 0.2) is 48.5 Å². The molecule has 156 valence electrons. The largest absolute Gasteiger partial charge is 0.494 e. The van der Waals surface area contributed by atoms with E-state index in [9.17, 15) is 4.79 Å². The molecule has 1 fully saturated rings. The van der Waals surface area contributed by atoms with E-state index in [1.165, 1.54) is 50.5 Å². The van der Waals surface area contributed by atoms with Crippen LogP contribution in [0.25, 0.3) is 0 Å². The lowest BCUT2D eigenvalue weighted by atomic mass is 9.79. The minimum atomic E-state index is -0.318. The van der Waals surface area contributed by atoms with Gasteiger partial charge >= 0.3 is 5.97 Å². The van der Waals surface area contributed by atoms with Gasteiger partial charge in [-0.1, -0.05) is 58.1 Å². The minimum Gasteiger partial charge on any atom is -0.494 e. The minimum absolute atomic E-state index is 0.318. The Morgan fingerprint density at radius 1 is 0.862 bits per heavy atom. The molecule has 2 aromatic rings. The lowest BCUT2D eigenvalue weighted by molar-refractivity contribution is 0.0734. The second-order valence-corrected chi connectivity index (χ2v) is 8.35. The summed E-state index contributed by atoms with van der Waals surface area (Å²) in [5, 5.41) is 0. The Bertz CT molecular complexity index is 741. The normalized spacial score (nSPS) is 19.0. The highest BCUT2D eigenvalue weighted by molar-refractivity contribution is 5.91. The quantitative estimate of drug-likeness (QED) is 0.257. The summed E-state index contributed by atoms with van der Waals surface area (Å²) in [4.78, 5) is 12.4. The van der Waals surface area contributed by atoms with Crippen LogP contribution in [0.2, 0.25) is 0 Å². The first-order chi connectivity index (χ1) is 14.2. The number of unbranched alkanes of at least 4 members (excludes halogenated alkanes) is 3. The standard InChI is InChI=1S/C26H34O3/c1-3-4-5-6-19-28-24-15-17-25(18-16-24)29-26(27)23-13-11-22(12-14-23)21-9-7-20(2)8-10-21/h11-18,20-21H,3-10,19H2,1-2H3. The summed E-state index contributed by atoms with van der Waals surface area (Å²) in [5.74, 6) is 2.51. The first-order valence-corrected chi connectivity index (χ1v) is 11.2. The number of hydrogen-bond acceptors (Lipinski definition) is 3. The molecule has 1 aliphatic rings. The molecule has 0 bridgehead atoms. The van der Waals surface area contributed by atoms with E-state index in [4.69, 9.17) is 9.47 Å². The van der Waals surface area contributed by atoms with Gasteiger partial charge in [0.25, 0.3) is 0 Å². The van der Waals surface area contributed by atoms with Crippen molar-refractivity contribution in [3.8, 4) is 11.5 Å². The number of carbonyl (C=O) groups excluding carboxylic acids is 1. The lowest BCUT2D eigenvalue weighted by Gasteiger charge is -2.26. The van der Waals surface area contributed by atoms with Gasteiger partial charge in [0.15, 0.2) is 0 Å². The molecular weight excluding hydrogens is 360 g/mol. The Hall–Kier alpha value is -2.29. The van der Waals surface area contributed by atoms with Gasteiger partial charge in [-0.3, -0.25) is 0 Å². The zero-order valence-corrected chi connectivity index (χ0v) is 17.9. The summed E-state index contributed by atoms with van der Waals surface area (Å²) in [6.45, 7) is 5.26. The van der Waals surface area contributed by atoms with Gasteiger partial charge in [0.1, 0.15) is 11.5 Å². The highest BCUT2D eigenvalue weighted by Gasteiger charge is 2.20. The molecule has 29 heavy (non-hydrogen) atoms. The van der Waals surface area contributed by atoms with E-state index in [1.54, 1.807) is 12.1 Å². The average molecular weight is 395 g/mol. The third-order valence-corrected chi connectivity index (χ3v) is 5.93. The van der Waals surface area contributed by atoms with Crippen LogP contribution in [-0.4, -0.2) is 12.6 Å². The van der Waals surface area contributed by atoms with Crippen LogP contribution in [-0.2, 0) is 0 Å². The molecule has 0 spiro atoms. The van der Waals surface area contributed by atoms with Crippen LogP contribution in [0.3, 0.4) is 0 Å². The van der Waals surface area contributed by atoms with E-state index < -0.39 is 0 Å². The van der Waals surface area contributed by atoms with Crippen LogP contribution in [0.4, 0.5) is 0 Å². The fourth-order valence-electron chi connectivity index (χ4n) is 3.97. The molecule has 0 amide bonds. The molecule has 1 saturated carbocycles. The number of rotatable bonds is 9. The van der Waals surface area contributed by atoms with Crippen LogP contribution >= 0.6 is 0 Å². The van der Waals surface area contributed by atoms with Gasteiger partial charge in [-0.05, 0) is 73.1 Å². The molecule has 0 radical (unpaired) electrons. The molecule has 3 rings (SSSR count). The number of esters is 1. The third kappa shape index (κ3) is 6.62. The maximum absolute atomic E-state index is 12.4. The van der Waals surface area contributed by atoms with Gasteiger partial charge in [-0.25, -0.2) is 4.79 Å². The molecule has 1 aliphatic carbocycles. The van der Waals surface area contributed by atoms with Gasteiger partial charge in [0, 0.05) is 0 Å². The summed E-state index contributed by atoms with van der Waals surface area (Å²) in [6, 6.07) is 15.3. The van der Waals surface area contributed by atoms with Crippen LogP contribution in [0.5, 0.6) is 11.5 Å². The Morgan fingerprint density at radius 3 is 2.17 bits per heavy atom. The summed E-state index contributed by atoms with van der Waals surface area (Å²) < 4.78 is 11.3. The summed E-state index contributed by atoms with van der Waals surface area (Å²) in [7, 11) is 0. The monoisotopic (exact) mass is 394 g/mol. The Balaban J connectivity index is 1.48. The van der Waals surface area contributed by atoms with Gasteiger partial charge in [0.05, 0.1) is 12.2 Å². The fraction of sp³-hybridized carbons (Fsp3) is 0.500. The maximum atomic E-state index is 12.4. The molecule has 0 atom stereocenters. The molecule has 0 aliphatic heterocycles. The summed E-state index contributed by atoms with van der Waals surface area (Å²) >= 11 is 0. The van der Waals surface area contributed by atoms with Gasteiger partial charge in [0.2, 0.25) is 0 Å². The Kier molecular flexibility index (Phi) is 8.15. The van der Waals surface area contributed by atoms with Gasteiger partial charge in [-0.2, -0.15) is 0 Å². The van der Waals surface area contributed by atoms with Gasteiger partial charge in [-0.15, -0.1) is 0 Å². The highest BCUT2D eigenvalue weighted by Crippen LogP contribution is 2.35. The Labute approximate surface area is 175 Å². The molecule has 0 saturated heterocycles. The smallest absolute Gasteiger partial charge is 0.343 e. The highest BCUT2D eigenvalue weighted by atomic mass is 16.5. The van der Waals surface area contributed by atoms with Crippen molar-refractivity contribution < 1.29 is 14.3 Å². The van der Waals surface area contributed by atoms with Crippen molar-refractivity contribution in [2.24, 2.45) is 5.92 Å². The molecule has 0 aromatic heterocycles. The molecular formula is C26H34O3. The van der Waals surface area contributed by atoms with E-state index in [0.717, 1.165) is 24.7 Å². The van der Waals surface area contributed by atoms with Crippen molar-refractivity contribution in [3.05, 3.63) is 59.7 Å². The second-order valence-electron chi connectivity index (χ2n) is 8.35. The number of ether oxygens (including phenoxy) is 2. The molecule has 0 heterocycles. The Morgan fingerprint density at radius 2 is 1.52 bits per heavy atom. The van der Waals surface area contributed by atoms with E-state index in [-0.39, 0.29) is 5.97 Å². The lowest BCUT2D eigenvalue weighted by Crippen LogP contribution is -2.12. The number of hydrogen-bond donors (Lipinski definition) is 0. The molecule has 3 heteroatoms. The number of carbonyl (C=O) groups is 1. The third-order valence-electron chi connectivity index (χ3n) is 5.93. The topological polar surface area (TPSA) is 35.5 Å².